The van der Waals surface area contributed by atoms with Crippen molar-refractivity contribution in [3.05, 3.63) is 462 Å². The van der Waals surface area contributed by atoms with Crippen LogP contribution in [0.15, 0.2) is 462 Å². The van der Waals surface area contributed by atoms with Crippen molar-refractivity contribution in [2.24, 2.45) is 0 Å². The molecule has 0 atom stereocenters. The lowest BCUT2D eigenvalue weighted by molar-refractivity contribution is 1.21. The summed E-state index contributed by atoms with van der Waals surface area (Å²) in [5, 5.41) is 23.0. The molecule has 3 aliphatic heterocycles. The first kappa shape index (κ1) is 83.1. The van der Waals surface area contributed by atoms with Crippen molar-refractivity contribution in [2.45, 2.75) is 0 Å². The van der Waals surface area contributed by atoms with Gasteiger partial charge in [0.15, 0.2) is 17.5 Å². The first-order valence-electron chi connectivity index (χ1n) is 48.9. The van der Waals surface area contributed by atoms with Crippen molar-refractivity contribution in [2.75, 3.05) is 14.7 Å². The van der Waals surface area contributed by atoms with Crippen LogP contribution < -0.4 is 14.7 Å². The topological polar surface area (TPSA) is 126 Å². The van der Waals surface area contributed by atoms with E-state index in [0.717, 1.165) is 131 Å². The number of aromatic nitrogens is 9. The average molecular weight is 1910 g/mol. The first-order valence-corrected chi connectivity index (χ1v) is 51.4. The molecule has 0 aliphatic carbocycles. The molecule has 0 radical (unpaired) electrons. The summed E-state index contributed by atoms with van der Waals surface area (Å²) >= 11 is 5.21. The summed E-state index contributed by atoms with van der Waals surface area (Å²) in [6, 6.07) is 154. The van der Waals surface area contributed by atoms with Crippen molar-refractivity contribution >= 4 is 232 Å². The molecule has 0 amide bonds. The SMILES string of the molecule is c1cc(N2c3ccc4ccccc4c3-c3cccc4cccc2c34)c2ccc(-c3nc(-c4ccncc4)c4sc5ccccc5c4n3)cc2c1.c1ccc(-c2nc(-c3cccc4c(N5c6ccc7ccccc7c6-c6cccc7cccc5c67)cccc34)nc3c2sc2ccccc23)nc1.c1cncc(-c2nc(-c3cccc(N4c5ccc6ccccc6c5-c5cccc6cccc4c56)c3)nc3c2sc2ccccc23)c1. The third-order valence-electron chi connectivity index (χ3n) is 29.2. The number of pyridine rings is 3. The Labute approximate surface area is 848 Å². The molecule has 0 bridgehead atoms. The summed E-state index contributed by atoms with van der Waals surface area (Å²) in [5.74, 6) is 2.11. The van der Waals surface area contributed by atoms with Gasteiger partial charge in [0.05, 0.1) is 93.2 Å². The Hall–Kier alpha value is -18.8. The number of hydrogen-bond acceptors (Lipinski definition) is 15. The predicted octanol–water partition coefficient (Wildman–Crippen LogP) is 36.3. The summed E-state index contributed by atoms with van der Waals surface area (Å²) < 4.78 is 6.82. The maximum atomic E-state index is 5.30. The van der Waals surface area contributed by atoms with E-state index in [1.165, 1.54) is 152 Å². The van der Waals surface area contributed by atoms with E-state index in [4.69, 9.17) is 34.9 Å². The van der Waals surface area contributed by atoms with E-state index in [2.05, 4.69) is 419 Å². The van der Waals surface area contributed by atoms with Crippen LogP contribution in [0, 0.1) is 0 Å². The lowest BCUT2D eigenvalue weighted by atomic mass is 9.87. The van der Waals surface area contributed by atoms with E-state index >= 15 is 0 Å². The van der Waals surface area contributed by atoms with Gasteiger partial charge in [-0.25, -0.2) is 29.9 Å². The first-order chi connectivity index (χ1) is 72.4. The third-order valence-corrected chi connectivity index (χ3v) is 32.7. The summed E-state index contributed by atoms with van der Waals surface area (Å²) in [6.07, 6.45) is 9.18. The van der Waals surface area contributed by atoms with Gasteiger partial charge in [0, 0.05) is 138 Å². The van der Waals surface area contributed by atoms with E-state index in [9.17, 15) is 0 Å². The van der Waals surface area contributed by atoms with Crippen LogP contribution >= 0.6 is 34.0 Å². The van der Waals surface area contributed by atoms with Gasteiger partial charge in [-0.05, 0) is 197 Å². The van der Waals surface area contributed by atoms with Crippen molar-refractivity contribution in [1.29, 1.82) is 0 Å². The Kier molecular flexibility index (Phi) is 19.0. The van der Waals surface area contributed by atoms with Crippen molar-refractivity contribution in [3.8, 4) is 101 Å². The normalized spacial score (nSPS) is 12.3. The number of benzene rings is 20. The van der Waals surface area contributed by atoms with Crippen LogP contribution in [0.4, 0.5) is 51.2 Å². The van der Waals surface area contributed by atoms with Gasteiger partial charge in [0.1, 0.15) is 5.69 Å². The second kappa shape index (κ2) is 33.5. The standard InChI is InChI=1S/2C45H26N4S.C41H24N4S/c1-2-12-33-27(8-1)19-21-38-41(33)35-14-5-9-28-10-6-16-37(40(28)35)49(38)36-15-7-11-30-26-31(18-20-32(30)36)45-47-42(29-22-24-46-25-23-29)44-43(48-45)34-13-3-4-17-39(34)50-44;1-2-14-29-27(11-1)24-25-38-41(29)34-19-7-12-28-13-8-22-37(40(28)34)49(38)36-21-10-16-30-31(36)17-9-18-32(30)45-47-42-33-15-3-4-23-39(33)50-44(42)43(48-45)35-20-5-6-26-46-35;1-2-15-30-25(9-1)20-21-34-37(30)32-17-6-10-26-11-7-18-33(36(26)32)45(34)29-14-5-12-27(23-29)41-43-38(28-13-8-22-42-24-28)40-39(44-41)31-16-3-4-19-35(31)46-40/h2*1-26H;1-24H. The Morgan fingerprint density at radius 2 is 0.596 bits per heavy atom. The highest BCUT2D eigenvalue weighted by Gasteiger charge is 2.34. The van der Waals surface area contributed by atoms with Crippen LogP contribution in [0.5, 0.6) is 0 Å². The van der Waals surface area contributed by atoms with Gasteiger partial charge in [0.2, 0.25) is 0 Å². The molecule has 0 saturated heterocycles. The zero-order valence-electron chi connectivity index (χ0n) is 78.0. The number of thiophene rings is 3. The number of fused-ring (bicyclic) bond motifs is 23. The molecule has 3 aliphatic rings. The Morgan fingerprint density at radius 3 is 1.12 bits per heavy atom. The lowest BCUT2D eigenvalue weighted by Gasteiger charge is -2.35. The lowest BCUT2D eigenvalue weighted by Crippen LogP contribution is -2.15. The van der Waals surface area contributed by atoms with Crippen LogP contribution in [0.25, 0.3) is 249 Å². The Balaban J connectivity index is 0.000000102. The molecule has 0 N–H and O–H groups in total. The number of anilines is 9. The quantitative estimate of drug-likeness (QED) is 0.137. The van der Waals surface area contributed by atoms with Crippen LogP contribution in [0.3, 0.4) is 0 Å². The molecular weight excluding hydrogens is 1840 g/mol. The van der Waals surface area contributed by atoms with Gasteiger partial charge < -0.3 is 14.7 Å². The summed E-state index contributed by atoms with van der Waals surface area (Å²) in [4.78, 5) is 52.2. The van der Waals surface area contributed by atoms with Crippen molar-refractivity contribution < 1.29 is 0 Å². The second-order valence-electron chi connectivity index (χ2n) is 37.2. The van der Waals surface area contributed by atoms with Crippen LogP contribution in [-0.4, -0.2) is 44.9 Å². The molecule has 0 fully saturated rings. The van der Waals surface area contributed by atoms with Gasteiger partial charge in [0.25, 0.3) is 0 Å². The summed E-state index contributed by atoms with van der Waals surface area (Å²) in [7, 11) is 0. The number of nitrogens with zero attached hydrogens (tertiary/aromatic N) is 12. The average Bonchev–Trinajstić information content (AvgIpc) is 1.13. The van der Waals surface area contributed by atoms with Gasteiger partial charge in [-0.2, -0.15) is 0 Å². The molecule has 0 spiro atoms. The van der Waals surface area contributed by atoms with E-state index in [-0.39, 0.29) is 0 Å². The Morgan fingerprint density at radius 1 is 0.199 bits per heavy atom. The molecule has 0 unspecified atom stereocenters. The van der Waals surface area contributed by atoms with E-state index in [0.29, 0.717) is 17.5 Å². The van der Waals surface area contributed by atoms with Gasteiger partial charge in [-0.15, -0.1) is 34.0 Å². The molecule has 0 saturated carbocycles. The zero-order valence-corrected chi connectivity index (χ0v) is 80.4. The molecule has 20 aromatic carbocycles. The smallest absolute Gasteiger partial charge is 0.161 e. The molecule has 678 valence electrons. The second-order valence-corrected chi connectivity index (χ2v) is 40.4. The fraction of sp³-hybridized carbons (Fsp3) is 0. The number of hydrogen-bond donors (Lipinski definition) is 0. The van der Waals surface area contributed by atoms with Crippen molar-refractivity contribution in [3.63, 3.8) is 0 Å². The van der Waals surface area contributed by atoms with Gasteiger partial charge >= 0.3 is 0 Å². The van der Waals surface area contributed by atoms with Crippen molar-refractivity contribution in [1.82, 2.24) is 44.9 Å². The van der Waals surface area contributed by atoms with E-state index in [1.54, 1.807) is 40.2 Å². The summed E-state index contributed by atoms with van der Waals surface area (Å²) in [6.45, 7) is 0. The molecule has 12 heterocycles. The minimum Gasteiger partial charge on any atom is -0.309 e. The zero-order chi connectivity index (χ0) is 95.7. The van der Waals surface area contributed by atoms with Gasteiger partial charge in [-0.3, -0.25) is 15.0 Å². The summed E-state index contributed by atoms with van der Waals surface area (Å²) in [5.41, 5.74) is 29.5. The minimum atomic E-state index is 0.696. The largest absolute Gasteiger partial charge is 0.309 e. The minimum absolute atomic E-state index is 0.696. The maximum absolute atomic E-state index is 5.30. The fourth-order valence-corrected chi connectivity index (χ4v) is 26.3. The molecule has 12 nitrogen and oxygen atoms in total. The molecule has 15 heteroatoms. The van der Waals surface area contributed by atoms with Crippen LogP contribution in [-0.2, 0) is 0 Å². The number of rotatable bonds is 9. The van der Waals surface area contributed by atoms with E-state index < -0.39 is 0 Å². The molecule has 146 heavy (non-hydrogen) atoms. The van der Waals surface area contributed by atoms with Gasteiger partial charge in [-0.1, -0.05) is 309 Å². The monoisotopic (exact) mass is 1910 g/mol. The molecule has 9 aromatic heterocycles. The van der Waals surface area contributed by atoms with Crippen LogP contribution in [0.2, 0.25) is 0 Å². The molecule has 32 rings (SSSR count). The highest BCUT2D eigenvalue weighted by molar-refractivity contribution is 7.27. The third kappa shape index (κ3) is 13.2. The molecular formula is C131H76N12S3. The maximum Gasteiger partial charge on any atom is 0.161 e. The highest BCUT2D eigenvalue weighted by atomic mass is 32.1. The highest BCUT2D eigenvalue weighted by Crippen LogP contribution is 2.60. The predicted molar refractivity (Wildman–Crippen MR) is 612 cm³/mol. The van der Waals surface area contributed by atoms with E-state index in [1.807, 2.05) is 61.2 Å². The fourth-order valence-electron chi connectivity index (χ4n) is 22.8. The van der Waals surface area contributed by atoms with Crippen LogP contribution in [0.1, 0.15) is 0 Å². The Bertz CT molecular complexity index is 10500. The molecule has 29 aromatic rings.